The Labute approximate surface area is 186 Å². The first-order chi connectivity index (χ1) is 15.1. The summed E-state index contributed by atoms with van der Waals surface area (Å²) in [4.78, 5) is 34.5. The SMILES string of the molecule is O=C1[C@H]2Cc3c([nH]c4ccccc34)C(c3ccc(Cl)cc3)N2C(=O)CN1C1CCCC1. The van der Waals surface area contributed by atoms with E-state index in [-0.39, 0.29) is 30.4 Å². The van der Waals surface area contributed by atoms with Crippen molar-refractivity contribution in [2.24, 2.45) is 0 Å². The maximum absolute atomic E-state index is 13.7. The summed E-state index contributed by atoms with van der Waals surface area (Å²) in [7, 11) is 0. The summed E-state index contributed by atoms with van der Waals surface area (Å²) in [6, 6.07) is 15.2. The van der Waals surface area contributed by atoms with E-state index in [0.29, 0.717) is 11.4 Å². The van der Waals surface area contributed by atoms with Crippen LogP contribution in [0.25, 0.3) is 10.9 Å². The van der Waals surface area contributed by atoms with Crippen LogP contribution in [-0.4, -0.2) is 45.2 Å². The third kappa shape index (κ3) is 2.90. The summed E-state index contributed by atoms with van der Waals surface area (Å²) in [6.07, 6.45) is 4.83. The van der Waals surface area contributed by atoms with Crippen LogP contribution in [-0.2, 0) is 16.0 Å². The normalized spacial score (nSPS) is 24.0. The number of nitrogens with zero attached hydrogens (tertiary/aromatic N) is 2. The third-order valence-corrected chi connectivity index (χ3v) is 7.50. The summed E-state index contributed by atoms with van der Waals surface area (Å²) in [5, 5.41) is 1.79. The van der Waals surface area contributed by atoms with Gasteiger partial charge in [0.05, 0.1) is 6.04 Å². The molecule has 0 radical (unpaired) electrons. The Hall–Kier alpha value is -2.79. The van der Waals surface area contributed by atoms with Crippen LogP contribution in [0.4, 0.5) is 0 Å². The fourth-order valence-corrected chi connectivity index (χ4v) is 5.93. The predicted octanol–water partition coefficient (Wildman–Crippen LogP) is 4.45. The quantitative estimate of drug-likeness (QED) is 0.649. The predicted molar refractivity (Wildman–Crippen MR) is 120 cm³/mol. The van der Waals surface area contributed by atoms with Gasteiger partial charge in [-0.3, -0.25) is 9.59 Å². The average Bonchev–Trinajstić information content (AvgIpc) is 3.44. The highest BCUT2D eigenvalue weighted by Crippen LogP contribution is 2.43. The number of para-hydroxylation sites is 1. The lowest BCUT2D eigenvalue weighted by Crippen LogP contribution is -2.64. The molecule has 1 aromatic heterocycles. The Morgan fingerprint density at radius 3 is 2.48 bits per heavy atom. The highest BCUT2D eigenvalue weighted by Gasteiger charge is 2.49. The third-order valence-electron chi connectivity index (χ3n) is 7.24. The molecule has 3 aromatic rings. The zero-order valence-electron chi connectivity index (χ0n) is 17.2. The van der Waals surface area contributed by atoms with E-state index in [1.54, 1.807) is 0 Å². The zero-order valence-corrected chi connectivity index (χ0v) is 17.9. The molecule has 1 N–H and O–H groups in total. The number of rotatable bonds is 2. The molecule has 31 heavy (non-hydrogen) atoms. The second-order valence-electron chi connectivity index (χ2n) is 8.94. The summed E-state index contributed by atoms with van der Waals surface area (Å²) in [5.74, 6) is 0.127. The van der Waals surface area contributed by atoms with E-state index in [1.165, 1.54) is 0 Å². The molecule has 1 unspecified atom stereocenters. The molecule has 1 saturated heterocycles. The molecule has 6 heteroatoms. The van der Waals surface area contributed by atoms with Crippen LogP contribution in [0.2, 0.25) is 5.02 Å². The first-order valence-electron chi connectivity index (χ1n) is 11.1. The molecule has 3 heterocycles. The van der Waals surface area contributed by atoms with Gasteiger partial charge in [-0.05, 0) is 42.2 Å². The van der Waals surface area contributed by atoms with Crippen molar-refractivity contribution < 1.29 is 9.59 Å². The number of aromatic nitrogens is 1. The number of carbonyl (C=O) groups excluding carboxylic acids is 2. The van der Waals surface area contributed by atoms with Gasteiger partial charge < -0.3 is 14.8 Å². The second-order valence-corrected chi connectivity index (χ2v) is 9.38. The lowest BCUT2D eigenvalue weighted by molar-refractivity contribution is -0.160. The number of hydrogen-bond donors (Lipinski definition) is 1. The highest BCUT2D eigenvalue weighted by molar-refractivity contribution is 6.30. The van der Waals surface area contributed by atoms with Gasteiger partial charge in [0.15, 0.2) is 0 Å². The van der Waals surface area contributed by atoms with Crippen molar-refractivity contribution in [1.29, 1.82) is 0 Å². The van der Waals surface area contributed by atoms with Crippen molar-refractivity contribution in [2.75, 3.05) is 6.54 Å². The number of carbonyl (C=O) groups is 2. The molecule has 6 rings (SSSR count). The molecule has 2 atom stereocenters. The van der Waals surface area contributed by atoms with Crippen molar-refractivity contribution in [3.8, 4) is 0 Å². The van der Waals surface area contributed by atoms with Crippen LogP contribution in [0.3, 0.4) is 0 Å². The lowest BCUT2D eigenvalue weighted by atomic mass is 9.86. The Morgan fingerprint density at radius 2 is 1.71 bits per heavy atom. The lowest BCUT2D eigenvalue weighted by Gasteiger charge is -2.48. The largest absolute Gasteiger partial charge is 0.356 e. The molecule has 1 aliphatic carbocycles. The Balaban J connectivity index is 1.51. The van der Waals surface area contributed by atoms with E-state index in [0.717, 1.165) is 53.4 Å². The number of hydrogen-bond acceptors (Lipinski definition) is 2. The van der Waals surface area contributed by atoms with Gasteiger partial charge in [-0.15, -0.1) is 0 Å². The highest BCUT2D eigenvalue weighted by atomic mass is 35.5. The number of fused-ring (bicyclic) bond motifs is 4. The fourth-order valence-electron chi connectivity index (χ4n) is 5.80. The van der Waals surface area contributed by atoms with Crippen LogP contribution in [0.1, 0.15) is 48.5 Å². The van der Waals surface area contributed by atoms with Gasteiger partial charge in [-0.1, -0.05) is 54.8 Å². The number of amides is 2. The van der Waals surface area contributed by atoms with Gasteiger partial charge in [-0.25, -0.2) is 0 Å². The van der Waals surface area contributed by atoms with Crippen molar-refractivity contribution in [3.63, 3.8) is 0 Å². The first kappa shape index (κ1) is 18.9. The van der Waals surface area contributed by atoms with E-state index in [2.05, 4.69) is 17.1 Å². The minimum absolute atomic E-state index is 0.0285. The standard InChI is InChI=1S/C25H24ClN3O2/c26-16-11-9-15(10-12-16)24-23-19(18-7-3-4-8-20(18)27-23)13-21-25(31)28(14-22(30)29(21)24)17-5-1-2-6-17/h3-4,7-12,17,21,24,27H,1-2,5-6,13-14H2/t21-,24?/m1/s1. The molecule has 158 valence electrons. The van der Waals surface area contributed by atoms with Gasteiger partial charge in [0.25, 0.3) is 0 Å². The van der Waals surface area contributed by atoms with Gasteiger partial charge in [0.1, 0.15) is 12.6 Å². The summed E-state index contributed by atoms with van der Waals surface area (Å²) in [5.41, 5.74) is 4.16. The molecule has 0 spiro atoms. The van der Waals surface area contributed by atoms with Crippen molar-refractivity contribution in [3.05, 3.63) is 70.4 Å². The van der Waals surface area contributed by atoms with Crippen LogP contribution in [0.15, 0.2) is 48.5 Å². The van der Waals surface area contributed by atoms with Crippen molar-refractivity contribution >= 4 is 34.3 Å². The molecule has 5 nitrogen and oxygen atoms in total. The molecule has 2 amide bonds. The molecule has 2 fully saturated rings. The average molecular weight is 434 g/mol. The van der Waals surface area contributed by atoms with Crippen molar-refractivity contribution in [2.45, 2.75) is 50.2 Å². The van der Waals surface area contributed by atoms with Crippen LogP contribution in [0, 0.1) is 0 Å². The zero-order chi connectivity index (χ0) is 21.1. The monoisotopic (exact) mass is 433 g/mol. The maximum atomic E-state index is 13.7. The number of nitrogens with one attached hydrogen (secondary N) is 1. The Bertz CT molecular complexity index is 1180. The second kappa shape index (κ2) is 7.13. The molecule has 0 bridgehead atoms. The summed E-state index contributed by atoms with van der Waals surface area (Å²) < 4.78 is 0. The molecule has 2 aliphatic heterocycles. The number of H-pyrrole nitrogens is 1. The molecule has 1 saturated carbocycles. The molecule has 3 aliphatic rings. The van der Waals surface area contributed by atoms with Gasteiger partial charge >= 0.3 is 0 Å². The minimum atomic E-state index is -0.464. The number of halogens is 1. The number of piperazine rings is 1. The summed E-state index contributed by atoms with van der Waals surface area (Å²) in [6.45, 7) is 0.180. The summed E-state index contributed by atoms with van der Waals surface area (Å²) >= 11 is 6.15. The maximum Gasteiger partial charge on any atom is 0.246 e. The van der Waals surface area contributed by atoms with E-state index in [9.17, 15) is 9.59 Å². The van der Waals surface area contributed by atoms with Gasteiger partial charge in [0, 0.05) is 34.1 Å². The minimum Gasteiger partial charge on any atom is -0.356 e. The van der Waals surface area contributed by atoms with Crippen LogP contribution in [0.5, 0.6) is 0 Å². The van der Waals surface area contributed by atoms with Crippen LogP contribution < -0.4 is 0 Å². The topological polar surface area (TPSA) is 56.4 Å². The van der Waals surface area contributed by atoms with E-state index in [1.807, 2.05) is 46.2 Å². The number of benzene rings is 2. The van der Waals surface area contributed by atoms with E-state index in [4.69, 9.17) is 11.6 Å². The van der Waals surface area contributed by atoms with E-state index >= 15 is 0 Å². The molecule has 2 aromatic carbocycles. The molecular formula is C25H24ClN3O2. The van der Waals surface area contributed by atoms with E-state index < -0.39 is 6.04 Å². The molecular weight excluding hydrogens is 410 g/mol. The van der Waals surface area contributed by atoms with Gasteiger partial charge in [-0.2, -0.15) is 0 Å². The first-order valence-corrected chi connectivity index (χ1v) is 11.5. The smallest absolute Gasteiger partial charge is 0.246 e. The van der Waals surface area contributed by atoms with Crippen molar-refractivity contribution in [1.82, 2.24) is 14.8 Å². The Morgan fingerprint density at radius 1 is 0.968 bits per heavy atom. The fraction of sp³-hybridized carbons (Fsp3) is 0.360. The van der Waals surface area contributed by atoms with Gasteiger partial charge in [0.2, 0.25) is 11.8 Å². The Kier molecular flexibility index (Phi) is 4.35. The van der Waals surface area contributed by atoms with Crippen LogP contribution >= 0.6 is 11.6 Å². The number of aromatic amines is 1.